The highest BCUT2D eigenvalue weighted by Crippen LogP contribution is 2.15. The number of amides is 2. The molecule has 2 aromatic carbocycles. The maximum absolute atomic E-state index is 12.3. The molecule has 3 rings (SSSR count). The third-order valence-corrected chi connectivity index (χ3v) is 5.13. The summed E-state index contributed by atoms with van der Waals surface area (Å²) in [6.07, 6.45) is 0.759. The van der Waals surface area contributed by atoms with Crippen molar-refractivity contribution < 1.29 is 9.59 Å². The molecular weight excluding hydrogens is 372 g/mol. The molecule has 7 heteroatoms. The highest BCUT2D eigenvalue weighted by atomic mass is 32.1. The third-order valence-electron chi connectivity index (χ3n) is 4.15. The van der Waals surface area contributed by atoms with Crippen molar-refractivity contribution in [2.24, 2.45) is 0 Å². The molecule has 0 saturated heterocycles. The largest absolute Gasteiger partial charge is 0.352 e. The van der Waals surface area contributed by atoms with Gasteiger partial charge in [0.05, 0.1) is 0 Å². The molecule has 28 heavy (non-hydrogen) atoms. The molecule has 1 heterocycles. The van der Waals surface area contributed by atoms with Gasteiger partial charge in [-0.25, -0.2) is 0 Å². The first kappa shape index (κ1) is 19.7. The second-order valence-corrected chi connectivity index (χ2v) is 7.65. The molecule has 2 N–H and O–H groups in total. The summed E-state index contributed by atoms with van der Waals surface area (Å²) in [5, 5.41) is 14.6. The SMILES string of the molecule is Cc1ccc(CNC(=O)CCc2nnc(C(=O)Nc3ccc(C)cc3)s2)cc1. The van der Waals surface area contributed by atoms with Gasteiger partial charge in [0.15, 0.2) is 0 Å². The molecule has 0 aliphatic heterocycles. The van der Waals surface area contributed by atoms with E-state index < -0.39 is 0 Å². The van der Waals surface area contributed by atoms with E-state index in [0.29, 0.717) is 30.1 Å². The van der Waals surface area contributed by atoms with Crippen LogP contribution in [-0.4, -0.2) is 22.0 Å². The lowest BCUT2D eigenvalue weighted by Gasteiger charge is -2.05. The van der Waals surface area contributed by atoms with Crippen LogP contribution in [0.1, 0.15) is 37.9 Å². The second kappa shape index (κ2) is 9.23. The van der Waals surface area contributed by atoms with Crippen LogP contribution in [0.15, 0.2) is 48.5 Å². The molecule has 1 aromatic heterocycles. The summed E-state index contributed by atoms with van der Waals surface area (Å²) in [4.78, 5) is 24.3. The number of anilines is 1. The monoisotopic (exact) mass is 394 g/mol. The summed E-state index contributed by atoms with van der Waals surface area (Å²) in [6.45, 7) is 4.51. The first-order valence-corrected chi connectivity index (χ1v) is 9.84. The zero-order valence-electron chi connectivity index (χ0n) is 15.9. The number of hydrogen-bond acceptors (Lipinski definition) is 5. The van der Waals surface area contributed by atoms with Crippen molar-refractivity contribution in [3.63, 3.8) is 0 Å². The number of nitrogens with one attached hydrogen (secondary N) is 2. The van der Waals surface area contributed by atoms with E-state index in [4.69, 9.17) is 0 Å². The quantitative estimate of drug-likeness (QED) is 0.641. The van der Waals surface area contributed by atoms with Crippen LogP contribution in [0.5, 0.6) is 0 Å². The maximum atomic E-state index is 12.3. The van der Waals surface area contributed by atoms with Crippen molar-refractivity contribution in [3.05, 3.63) is 75.2 Å². The molecule has 2 amide bonds. The Balaban J connectivity index is 1.45. The van der Waals surface area contributed by atoms with Gasteiger partial charge < -0.3 is 10.6 Å². The number of carbonyl (C=O) groups excluding carboxylic acids is 2. The third kappa shape index (κ3) is 5.72. The number of carbonyl (C=O) groups is 2. The molecule has 0 unspecified atom stereocenters. The Bertz CT molecular complexity index is 949. The smallest absolute Gasteiger partial charge is 0.286 e. The van der Waals surface area contributed by atoms with Crippen molar-refractivity contribution in [1.82, 2.24) is 15.5 Å². The summed E-state index contributed by atoms with van der Waals surface area (Å²) in [6, 6.07) is 15.6. The average Bonchev–Trinajstić information content (AvgIpc) is 3.17. The van der Waals surface area contributed by atoms with Crippen LogP contribution in [0.4, 0.5) is 5.69 Å². The molecule has 0 spiro atoms. The molecule has 0 aliphatic rings. The lowest BCUT2D eigenvalue weighted by molar-refractivity contribution is -0.121. The molecular formula is C21H22N4O2S. The Morgan fingerprint density at radius 2 is 1.57 bits per heavy atom. The molecule has 0 atom stereocenters. The molecule has 144 valence electrons. The number of nitrogens with zero attached hydrogens (tertiary/aromatic N) is 2. The summed E-state index contributed by atoms with van der Waals surface area (Å²) in [7, 11) is 0. The van der Waals surface area contributed by atoms with Crippen LogP contribution in [0, 0.1) is 13.8 Å². The van der Waals surface area contributed by atoms with Gasteiger partial charge in [-0.3, -0.25) is 9.59 Å². The van der Waals surface area contributed by atoms with Gasteiger partial charge in [-0.05, 0) is 31.5 Å². The fraction of sp³-hybridized carbons (Fsp3) is 0.238. The minimum atomic E-state index is -0.295. The Kier molecular flexibility index (Phi) is 6.49. The Morgan fingerprint density at radius 3 is 2.25 bits per heavy atom. The van der Waals surface area contributed by atoms with Crippen molar-refractivity contribution in [1.29, 1.82) is 0 Å². The van der Waals surface area contributed by atoms with Crippen LogP contribution >= 0.6 is 11.3 Å². The maximum Gasteiger partial charge on any atom is 0.286 e. The molecule has 6 nitrogen and oxygen atoms in total. The second-order valence-electron chi connectivity index (χ2n) is 6.58. The Morgan fingerprint density at radius 1 is 0.929 bits per heavy atom. The first-order valence-electron chi connectivity index (χ1n) is 9.02. The average molecular weight is 395 g/mol. The summed E-state index contributed by atoms with van der Waals surface area (Å²) < 4.78 is 0. The van der Waals surface area contributed by atoms with Crippen molar-refractivity contribution in [2.75, 3.05) is 5.32 Å². The van der Waals surface area contributed by atoms with E-state index in [1.54, 1.807) is 0 Å². The van der Waals surface area contributed by atoms with Crippen molar-refractivity contribution >= 4 is 28.8 Å². The summed E-state index contributed by atoms with van der Waals surface area (Å²) in [5.41, 5.74) is 4.08. The molecule has 0 saturated carbocycles. The van der Waals surface area contributed by atoms with Crippen molar-refractivity contribution in [3.8, 4) is 0 Å². The predicted molar refractivity (Wildman–Crippen MR) is 110 cm³/mol. The number of benzene rings is 2. The first-order chi connectivity index (χ1) is 13.5. The molecule has 3 aromatic rings. The van der Waals surface area contributed by atoms with Gasteiger partial charge in [0.25, 0.3) is 5.91 Å². The van der Waals surface area contributed by atoms with Crippen LogP contribution < -0.4 is 10.6 Å². The van der Waals surface area contributed by atoms with E-state index >= 15 is 0 Å². The topological polar surface area (TPSA) is 84.0 Å². The normalized spacial score (nSPS) is 10.5. The zero-order valence-corrected chi connectivity index (χ0v) is 16.7. The van der Waals surface area contributed by atoms with E-state index in [1.807, 2.05) is 62.4 Å². The summed E-state index contributed by atoms with van der Waals surface area (Å²) in [5.74, 6) is -0.349. The van der Waals surface area contributed by atoms with E-state index in [0.717, 1.165) is 11.1 Å². The summed E-state index contributed by atoms with van der Waals surface area (Å²) >= 11 is 1.21. The lowest BCUT2D eigenvalue weighted by atomic mass is 10.1. The highest BCUT2D eigenvalue weighted by Gasteiger charge is 2.14. The van der Waals surface area contributed by atoms with Gasteiger partial charge in [0, 0.05) is 25.1 Å². The predicted octanol–water partition coefficient (Wildman–Crippen LogP) is 3.66. The molecule has 0 bridgehead atoms. The molecule has 0 fully saturated rings. The highest BCUT2D eigenvalue weighted by molar-refractivity contribution is 7.13. The van der Waals surface area contributed by atoms with Crippen LogP contribution in [0.2, 0.25) is 0 Å². The Labute approximate surface area is 168 Å². The standard InChI is InChI=1S/C21H22N4O2S/c1-14-3-7-16(8-4-14)13-22-18(26)11-12-19-24-25-21(28-19)20(27)23-17-9-5-15(2)6-10-17/h3-10H,11-13H2,1-2H3,(H,22,26)(H,23,27). The minimum Gasteiger partial charge on any atom is -0.352 e. The fourth-order valence-electron chi connectivity index (χ4n) is 2.48. The molecule has 0 radical (unpaired) electrons. The van der Waals surface area contributed by atoms with E-state index in [2.05, 4.69) is 20.8 Å². The van der Waals surface area contributed by atoms with Gasteiger partial charge in [-0.1, -0.05) is 58.9 Å². The van der Waals surface area contributed by atoms with Gasteiger partial charge in [0.2, 0.25) is 10.9 Å². The number of aromatic nitrogens is 2. The fourth-order valence-corrected chi connectivity index (χ4v) is 3.22. The van der Waals surface area contributed by atoms with E-state index in [9.17, 15) is 9.59 Å². The van der Waals surface area contributed by atoms with Crippen molar-refractivity contribution in [2.45, 2.75) is 33.2 Å². The van der Waals surface area contributed by atoms with Gasteiger partial charge in [0.1, 0.15) is 5.01 Å². The lowest BCUT2D eigenvalue weighted by Crippen LogP contribution is -2.22. The van der Waals surface area contributed by atoms with E-state index in [-0.39, 0.29) is 16.8 Å². The van der Waals surface area contributed by atoms with Crippen LogP contribution in [-0.2, 0) is 17.8 Å². The van der Waals surface area contributed by atoms with Gasteiger partial charge >= 0.3 is 0 Å². The Hall–Kier alpha value is -3.06. The number of hydrogen-bond donors (Lipinski definition) is 2. The van der Waals surface area contributed by atoms with Gasteiger partial charge in [-0.15, -0.1) is 10.2 Å². The van der Waals surface area contributed by atoms with Crippen LogP contribution in [0.25, 0.3) is 0 Å². The van der Waals surface area contributed by atoms with E-state index in [1.165, 1.54) is 16.9 Å². The number of rotatable bonds is 7. The van der Waals surface area contributed by atoms with Crippen LogP contribution in [0.3, 0.4) is 0 Å². The van der Waals surface area contributed by atoms with Gasteiger partial charge in [-0.2, -0.15) is 0 Å². The number of aryl methyl sites for hydroxylation is 3. The molecule has 0 aliphatic carbocycles. The minimum absolute atomic E-state index is 0.0542. The zero-order chi connectivity index (χ0) is 19.9.